The van der Waals surface area contributed by atoms with Crippen molar-refractivity contribution in [2.45, 2.75) is 17.7 Å². The van der Waals surface area contributed by atoms with E-state index >= 15 is 0 Å². The van der Waals surface area contributed by atoms with Crippen molar-refractivity contribution >= 4 is 27.3 Å². The first kappa shape index (κ1) is 19.1. The van der Waals surface area contributed by atoms with Crippen LogP contribution in [0.4, 0.5) is 4.39 Å². The number of ether oxygens (including phenoxy) is 3. The Bertz CT molecular complexity index is 878. The van der Waals surface area contributed by atoms with Crippen molar-refractivity contribution < 1.29 is 31.8 Å². The predicted molar refractivity (Wildman–Crippen MR) is 88.5 cm³/mol. The average molecular weight is 389 g/mol. The van der Waals surface area contributed by atoms with Crippen molar-refractivity contribution in [3.05, 3.63) is 35.1 Å². The van der Waals surface area contributed by atoms with E-state index in [1.54, 1.807) is 6.92 Å². The number of carbonyl (C=O) groups excluding carboxylic acids is 1. The number of carbonyl (C=O) groups is 1. The Balaban J connectivity index is 2.31. The van der Waals surface area contributed by atoms with Gasteiger partial charge in [0.25, 0.3) is 0 Å². The maximum atomic E-state index is 13.9. The average Bonchev–Trinajstić information content (AvgIpc) is 2.99. The van der Waals surface area contributed by atoms with Crippen LogP contribution in [0.5, 0.6) is 11.6 Å². The third-order valence-corrected chi connectivity index (χ3v) is 5.68. The van der Waals surface area contributed by atoms with E-state index in [0.29, 0.717) is 23.9 Å². The smallest absolute Gasteiger partial charge is 0.345 e. The van der Waals surface area contributed by atoms with Crippen LogP contribution >= 0.6 is 11.5 Å². The van der Waals surface area contributed by atoms with Crippen LogP contribution in [0.1, 0.15) is 22.8 Å². The van der Waals surface area contributed by atoms with Crippen LogP contribution < -0.4 is 9.47 Å². The summed E-state index contributed by atoms with van der Waals surface area (Å²) in [4.78, 5) is 11.9. The molecule has 7 nitrogen and oxygen atoms in total. The highest BCUT2D eigenvalue weighted by Crippen LogP contribution is 2.31. The topological polar surface area (TPSA) is 91.8 Å². The minimum absolute atomic E-state index is 0.177. The lowest BCUT2D eigenvalue weighted by molar-refractivity contribution is 0.0591. The summed E-state index contributed by atoms with van der Waals surface area (Å²) in [6.45, 7) is 1.95. The summed E-state index contributed by atoms with van der Waals surface area (Å²) in [5.74, 6) is -1.18. The standard InChI is InChI=1S/C15H16FNO6S2/c1-4-22-10-5-6-11(16)9(7-10)8-23-13-12(14(18)21-2)15(24-17-13)25(3,19)20/h5-7H,4,8H2,1-3H3. The molecule has 0 saturated carbocycles. The number of benzene rings is 1. The molecule has 1 aromatic carbocycles. The monoisotopic (exact) mass is 389 g/mol. The Hall–Kier alpha value is -2.20. The summed E-state index contributed by atoms with van der Waals surface area (Å²) in [5, 5.41) is 0. The molecule has 0 spiro atoms. The molecular weight excluding hydrogens is 373 g/mol. The van der Waals surface area contributed by atoms with Gasteiger partial charge in [-0.05, 0) is 36.7 Å². The van der Waals surface area contributed by atoms with Crippen LogP contribution in [0.25, 0.3) is 0 Å². The minimum atomic E-state index is -3.69. The fourth-order valence-electron chi connectivity index (χ4n) is 1.95. The molecular formula is C15H16FNO6S2. The predicted octanol–water partition coefficient (Wildman–Crippen LogP) is 2.45. The first-order chi connectivity index (χ1) is 11.8. The number of nitrogens with zero attached hydrogens (tertiary/aromatic N) is 1. The van der Waals surface area contributed by atoms with Gasteiger partial charge in [-0.2, -0.15) is 4.37 Å². The second-order valence-electron chi connectivity index (χ2n) is 4.89. The number of aromatic nitrogens is 1. The van der Waals surface area contributed by atoms with E-state index in [0.717, 1.165) is 13.4 Å². The van der Waals surface area contributed by atoms with E-state index < -0.39 is 21.6 Å². The molecule has 1 aromatic heterocycles. The van der Waals surface area contributed by atoms with Gasteiger partial charge >= 0.3 is 5.97 Å². The maximum absolute atomic E-state index is 13.9. The Kier molecular flexibility index (Phi) is 5.96. The molecule has 0 aliphatic carbocycles. The molecule has 10 heteroatoms. The summed E-state index contributed by atoms with van der Waals surface area (Å²) < 4.78 is 56.2. The second-order valence-corrected chi connectivity index (χ2v) is 7.87. The minimum Gasteiger partial charge on any atom is -0.494 e. The molecule has 0 saturated heterocycles. The van der Waals surface area contributed by atoms with Gasteiger partial charge in [0.1, 0.15) is 18.2 Å². The quantitative estimate of drug-likeness (QED) is 0.672. The molecule has 2 rings (SSSR count). The Morgan fingerprint density at radius 2 is 2.04 bits per heavy atom. The van der Waals surface area contributed by atoms with Gasteiger partial charge in [0.05, 0.1) is 13.7 Å². The molecule has 0 N–H and O–H groups in total. The zero-order valence-corrected chi connectivity index (χ0v) is 15.4. The summed E-state index contributed by atoms with van der Waals surface area (Å²) in [6.07, 6.45) is 0.946. The van der Waals surface area contributed by atoms with Crippen molar-refractivity contribution in [2.75, 3.05) is 20.0 Å². The number of methoxy groups -OCH3 is 1. The van der Waals surface area contributed by atoms with Gasteiger partial charge in [0, 0.05) is 11.8 Å². The Morgan fingerprint density at radius 1 is 1.32 bits per heavy atom. The molecule has 0 radical (unpaired) electrons. The highest BCUT2D eigenvalue weighted by molar-refractivity contribution is 7.92. The molecule has 0 bridgehead atoms. The van der Waals surface area contributed by atoms with E-state index in [2.05, 4.69) is 9.11 Å². The number of halogens is 1. The third kappa shape index (κ3) is 4.45. The zero-order valence-electron chi connectivity index (χ0n) is 13.7. The van der Waals surface area contributed by atoms with E-state index in [9.17, 15) is 17.6 Å². The number of sulfone groups is 1. The number of rotatable bonds is 7. The van der Waals surface area contributed by atoms with E-state index in [4.69, 9.17) is 9.47 Å². The maximum Gasteiger partial charge on any atom is 0.345 e. The lowest BCUT2D eigenvalue weighted by Crippen LogP contribution is -2.09. The first-order valence-corrected chi connectivity index (χ1v) is 9.76. The largest absolute Gasteiger partial charge is 0.494 e. The molecule has 0 atom stereocenters. The van der Waals surface area contributed by atoms with Gasteiger partial charge in [0.2, 0.25) is 5.88 Å². The molecule has 0 aliphatic rings. The van der Waals surface area contributed by atoms with Gasteiger partial charge in [-0.1, -0.05) is 0 Å². The van der Waals surface area contributed by atoms with E-state index in [-0.39, 0.29) is 27.8 Å². The van der Waals surface area contributed by atoms with Crippen molar-refractivity contribution in [3.63, 3.8) is 0 Å². The zero-order chi connectivity index (χ0) is 18.6. The molecule has 0 fully saturated rings. The van der Waals surface area contributed by atoms with Crippen molar-refractivity contribution in [1.29, 1.82) is 0 Å². The number of hydrogen-bond donors (Lipinski definition) is 0. The van der Waals surface area contributed by atoms with Crippen LogP contribution in [0.15, 0.2) is 22.4 Å². The van der Waals surface area contributed by atoms with Gasteiger partial charge in [-0.15, -0.1) is 0 Å². The van der Waals surface area contributed by atoms with Crippen molar-refractivity contribution in [2.24, 2.45) is 0 Å². The van der Waals surface area contributed by atoms with Crippen LogP contribution in [0.2, 0.25) is 0 Å². The molecule has 0 unspecified atom stereocenters. The second kappa shape index (κ2) is 7.79. The lowest BCUT2D eigenvalue weighted by atomic mass is 10.2. The first-order valence-electron chi connectivity index (χ1n) is 7.10. The summed E-state index contributed by atoms with van der Waals surface area (Å²) in [7, 11) is -2.58. The molecule has 0 amide bonds. The fourth-order valence-corrected chi connectivity index (χ4v) is 3.72. The highest BCUT2D eigenvalue weighted by atomic mass is 32.2. The Labute approximate surface area is 148 Å². The van der Waals surface area contributed by atoms with Crippen LogP contribution in [0, 0.1) is 5.82 Å². The van der Waals surface area contributed by atoms with Crippen LogP contribution in [-0.4, -0.2) is 38.7 Å². The Morgan fingerprint density at radius 3 is 2.64 bits per heavy atom. The van der Waals surface area contributed by atoms with Crippen LogP contribution in [0.3, 0.4) is 0 Å². The molecule has 2 aromatic rings. The van der Waals surface area contributed by atoms with E-state index in [1.165, 1.54) is 18.2 Å². The highest BCUT2D eigenvalue weighted by Gasteiger charge is 2.29. The fraction of sp³-hybridized carbons (Fsp3) is 0.333. The summed E-state index contributed by atoms with van der Waals surface area (Å²) in [6, 6.07) is 4.17. The molecule has 25 heavy (non-hydrogen) atoms. The van der Waals surface area contributed by atoms with Crippen molar-refractivity contribution in [1.82, 2.24) is 4.37 Å². The molecule has 136 valence electrons. The van der Waals surface area contributed by atoms with Gasteiger partial charge in [0.15, 0.2) is 19.6 Å². The molecule has 0 aliphatic heterocycles. The van der Waals surface area contributed by atoms with Gasteiger partial charge in [-0.3, -0.25) is 0 Å². The number of hydrogen-bond acceptors (Lipinski definition) is 8. The van der Waals surface area contributed by atoms with Crippen LogP contribution in [-0.2, 0) is 21.2 Å². The number of esters is 1. The summed E-state index contributed by atoms with van der Waals surface area (Å²) >= 11 is 0.595. The van der Waals surface area contributed by atoms with E-state index in [1.807, 2.05) is 0 Å². The normalized spacial score (nSPS) is 11.2. The van der Waals surface area contributed by atoms with Gasteiger partial charge in [-0.25, -0.2) is 17.6 Å². The van der Waals surface area contributed by atoms with Crippen molar-refractivity contribution in [3.8, 4) is 11.6 Å². The molecule has 1 heterocycles. The summed E-state index contributed by atoms with van der Waals surface area (Å²) in [5.41, 5.74) is -0.118. The lowest BCUT2D eigenvalue weighted by Gasteiger charge is -2.09. The SMILES string of the molecule is CCOc1ccc(F)c(COc2nsc(S(C)(=O)=O)c2C(=O)OC)c1. The third-order valence-electron chi connectivity index (χ3n) is 3.05. The van der Waals surface area contributed by atoms with Gasteiger partial charge < -0.3 is 14.2 Å².